The molecule has 1 atom stereocenters. The summed E-state index contributed by atoms with van der Waals surface area (Å²) in [4.78, 5) is 17.1. The van der Waals surface area contributed by atoms with Gasteiger partial charge in [-0.25, -0.2) is 17.8 Å². The first-order valence-electron chi connectivity index (χ1n) is 8.81. The van der Waals surface area contributed by atoms with Gasteiger partial charge < -0.3 is 10.5 Å². The normalized spacial score (nSPS) is 13.4. The average Bonchev–Trinajstić information content (AvgIpc) is 2.97. The number of rotatable bonds is 3. The van der Waals surface area contributed by atoms with Crippen molar-refractivity contribution in [3.8, 4) is 11.3 Å². The highest BCUT2D eigenvalue weighted by molar-refractivity contribution is 7.90. The van der Waals surface area contributed by atoms with Gasteiger partial charge in [0.2, 0.25) is 0 Å². The molecule has 29 heavy (non-hydrogen) atoms. The van der Waals surface area contributed by atoms with Crippen molar-refractivity contribution in [3.05, 3.63) is 53.3 Å². The molecule has 0 radical (unpaired) electrons. The van der Waals surface area contributed by atoms with Crippen molar-refractivity contribution in [1.82, 2.24) is 9.55 Å². The minimum Gasteiger partial charge on any atom is -0.443 e. The number of ether oxygens (including phenoxy) is 1. The van der Waals surface area contributed by atoms with Crippen LogP contribution in [0.3, 0.4) is 0 Å². The van der Waals surface area contributed by atoms with E-state index in [0.717, 1.165) is 11.6 Å². The first-order valence-corrected chi connectivity index (χ1v) is 11.1. The Bertz CT molecular complexity index is 1200. The number of hydrogen-bond donors (Lipinski definition) is 1. The van der Waals surface area contributed by atoms with Gasteiger partial charge in [0, 0.05) is 40.2 Å². The van der Waals surface area contributed by atoms with Crippen molar-refractivity contribution < 1.29 is 17.9 Å². The summed E-state index contributed by atoms with van der Waals surface area (Å²) < 4.78 is 30.7. The maximum absolute atomic E-state index is 13.0. The second-order valence-corrected chi connectivity index (χ2v) is 10.4. The Morgan fingerprint density at radius 3 is 2.52 bits per heavy atom. The van der Waals surface area contributed by atoms with E-state index in [4.69, 9.17) is 22.1 Å². The van der Waals surface area contributed by atoms with Gasteiger partial charge >= 0.3 is 6.09 Å². The van der Waals surface area contributed by atoms with Crippen LogP contribution >= 0.6 is 11.6 Å². The number of halogens is 1. The lowest BCUT2D eigenvalue weighted by molar-refractivity contribution is 0.0547. The van der Waals surface area contributed by atoms with E-state index in [1.54, 1.807) is 51.1 Å². The molecule has 3 aromatic rings. The molecule has 9 heteroatoms. The van der Waals surface area contributed by atoms with Gasteiger partial charge in [0.15, 0.2) is 9.84 Å². The predicted octanol–water partition coefficient (Wildman–Crippen LogP) is 4.14. The van der Waals surface area contributed by atoms with E-state index in [1.165, 1.54) is 17.0 Å². The SMILES string of the molecule is CC(C)(C)OC(=O)n1c(-c2cncc(C(N)S(C)(=O)=O)c2)cc2ccc(Cl)cc21. The number of nitrogens with zero attached hydrogens (tertiary/aromatic N) is 2. The topological polar surface area (TPSA) is 104 Å². The maximum atomic E-state index is 13.0. The van der Waals surface area contributed by atoms with Gasteiger partial charge in [-0.05, 0) is 45.0 Å². The minimum absolute atomic E-state index is 0.323. The molecule has 3 rings (SSSR count). The summed E-state index contributed by atoms with van der Waals surface area (Å²) in [5.41, 5.74) is 7.06. The summed E-state index contributed by atoms with van der Waals surface area (Å²) in [5.74, 6) is 0. The Morgan fingerprint density at radius 2 is 1.90 bits per heavy atom. The molecular weight excluding hydrogens is 414 g/mol. The Hall–Kier alpha value is -2.42. The molecule has 0 bridgehead atoms. The molecule has 2 aromatic heterocycles. The van der Waals surface area contributed by atoms with E-state index in [1.807, 2.05) is 0 Å². The fraction of sp³-hybridized carbons (Fsp3) is 0.300. The van der Waals surface area contributed by atoms with E-state index >= 15 is 0 Å². The first kappa shape index (κ1) is 21.3. The number of pyridine rings is 1. The standard InChI is InChI=1S/C20H22ClN3O4S/c1-20(2,3)28-19(25)24-16(8-12-5-6-15(21)9-17(12)24)13-7-14(11-23-10-13)18(22)29(4,26)27/h5-11,18H,22H2,1-4H3. The third-order valence-corrected chi connectivity index (χ3v) is 5.62. The predicted molar refractivity (Wildman–Crippen MR) is 114 cm³/mol. The molecule has 0 aliphatic carbocycles. The Morgan fingerprint density at radius 1 is 1.21 bits per heavy atom. The minimum atomic E-state index is -3.51. The number of nitrogens with two attached hydrogens (primary N) is 1. The van der Waals surface area contributed by atoms with Crippen molar-refractivity contribution in [3.63, 3.8) is 0 Å². The number of fused-ring (bicyclic) bond motifs is 1. The highest BCUT2D eigenvalue weighted by atomic mass is 35.5. The van der Waals surface area contributed by atoms with E-state index in [2.05, 4.69) is 4.98 Å². The molecule has 0 saturated carbocycles. The zero-order valence-electron chi connectivity index (χ0n) is 16.5. The molecule has 0 saturated heterocycles. The molecular formula is C20H22ClN3O4S. The van der Waals surface area contributed by atoms with Crippen LogP contribution in [0.5, 0.6) is 0 Å². The molecule has 7 nitrogen and oxygen atoms in total. The smallest absolute Gasteiger partial charge is 0.419 e. The molecule has 0 amide bonds. The molecule has 2 N–H and O–H groups in total. The van der Waals surface area contributed by atoms with Gasteiger partial charge in [0.25, 0.3) is 0 Å². The lowest BCUT2D eigenvalue weighted by atomic mass is 10.1. The monoisotopic (exact) mass is 435 g/mol. The van der Waals surface area contributed by atoms with Crippen LogP contribution in [0.2, 0.25) is 5.02 Å². The van der Waals surface area contributed by atoms with Gasteiger partial charge in [-0.15, -0.1) is 0 Å². The van der Waals surface area contributed by atoms with Crippen LogP contribution in [0.25, 0.3) is 22.2 Å². The number of aromatic nitrogens is 2. The van der Waals surface area contributed by atoms with Crippen LogP contribution < -0.4 is 5.73 Å². The fourth-order valence-electron chi connectivity index (χ4n) is 2.89. The Labute approximate surface area is 174 Å². The van der Waals surface area contributed by atoms with Gasteiger partial charge in [-0.1, -0.05) is 17.7 Å². The lowest BCUT2D eigenvalue weighted by Crippen LogP contribution is -2.27. The number of sulfone groups is 1. The summed E-state index contributed by atoms with van der Waals surface area (Å²) in [5, 5.41) is 0.0229. The van der Waals surface area contributed by atoms with Crippen LogP contribution in [-0.4, -0.2) is 35.9 Å². The third kappa shape index (κ3) is 4.60. The van der Waals surface area contributed by atoms with Gasteiger partial charge in [0.05, 0.1) is 11.2 Å². The summed E-state index contributed by atoms with van der Waals surface area (Å²) in [7, 11) is -3.51. The fourth-order valence-corrected chi connectivity index (χ4v) is 3.68. The van der Waals surface area contributed by atoms with Crippen molar-refractivity contribution in [2.75, 3.05) is 6.26 Å². The van der Waals surface area contributed by atoms with E-state index < -0.39 is 26.9 Å². The zero-order chi connectivity index (χ0) is 21.6. The molecule has 0 aliphatic heterocycles. The number of hydrogen-bond acceptors (Lipinski definition) is 6. The van der Waals surface area contributed by atoms with Crippen molar-refractivity contribution in [2.24, 2.45) is 5.73 Å². The second-order valence-electron chi connectivity index (χ2n) is 7.81. The lowest BCUT2D eigenvalue weighted by Gasteiger charge is -2.21. The van der Waals surface area contributed by atoms with Crippen LogP contribution in [0.1, 0.15) is 31.7 Å². The molecule has 2 heterocycles. The van der Waals surface area contributed by atoms with Gasteiger partial charge in [0.1, 0.15) is 11.0 Å². The zero-order valence-corrected chi connectivity index (χ0v) is 18.1. The van der Waals surface area contributed by atoms with Crippen LogP contribution in [-0.2, 0) is 14.6 Å². The van der Waals surface area contributed by atoms with Crippen LogP contribution in [0, 0.1) is 0 Å². The summed E-state index contributed by atoms with van der Waals surface area (Å²) in [6.07, 6.45) is 3.41. The van der Waals surface area contributed by atoms with Crippen molar-refractivity contribution in [1.29, 1.82) is 0 Å². The molecule has 0 aliphatic rings. The third-order valence-electron chi connectivity index (χ3n) is 4.19. The number of benzene rings is 1. The second kappa shape index (κ2) is 7.44. The molecule has 1 aromatic carbocycles. The summed E-state index contributed by atoms with van der Waals surface area (Å²) in [6, 6.07) is 8.59. The molecule has 154 valence electrons. The maximum Gasteiger partial charge on any atom is 0.419 e. The van der Waals surface area contributed by atoms with Gasteiger partial charge in [-0.3, -0.25) is 4.98 Å². The van der Waals surface area contributed by atoms with Crippen molar-refractivity contribution >= 4 is 38.4 Å². The van der Waals surface area contributed by atoms with Crippen LogP contribution in [0.4, 0.5) is 4.79 Å². The Balaban J connectivity index is 2.22. The van der Waals surface area contributed by atoms with Crippen LogP contribution in [0.15, 0.2) is 42.7 Å². The quantitative estimate of drug-likeness (QED) is 0.662. The number of carbonyl (C=O) groups is 1. The summed E-state index contributed by atoms with van der Waals surface area (Å²) >= 11 is 6.14. The highest BCUT2D eigenvalue weighted by Gasteiger charge is 2.24. The largest absolute Gasteiger partial charge is 0.443 e. The first-order chi connectivity index (χ1) is 13.4. The van der Waals surface area contributed by atoms with E-state index in [-0.39, 0.29) is 0 Å². The number of carbonyl (C=O) groups excluding carboxylic acids is 1. The average molecular weight is 436 g/mol. The summed E-state index contributed by atoms with van der Waals surface area (Å²) in [6.45, 7) is 5.32. The van der Waals surface area contributed by atoms with E-state index in [9.17, 15) is 13.2 Å². The van der Waals surface area contributed by atoms with Gasteiger partial charge in [-0.2, -0.15) is 0 Å². The highest BCUT2D eigenvalue weighted by Crippen LogP contribution is 2.32. The molecule has 1 unspecified atom stereocenters. The molecule has 0 fully saturated rings. The molecule has 0 spiro atoms. The van der Waals surface area contributed by atoms with E-state index in [0.29, 0.717) is 27.4 Å². The van der Waals surface area contributed by atoms with Crippen molar-refractivity contribution in [2.45, 2.75) is 31.7 Å². The Kier molecular flexibility index (Phi) is 5.46.